The van der Waals surface area contributed by atoms with E-state index in [1.165, 1.54) is 25.1 Å². The Morgan fingerprint density at radius 3 is 2.71 bits per heavy atom. The average molecular weight is 567 g/mol. The van der Waals surface area contributed by atoms with E-state index in [0.29, 0.717) is 37.7 Å². The molecule has 1 N–H and O–H groups in total. The molecule has 4 rings (SSSR count). The summed E-state index contributed by atoms with van der Waals surface area (Å²) >= 11 is 21.6. The van der Waals surface area contributed by atoms with Crippen LogP contribution in [0.5, 0.6) is 11.5 Å². The molecule has 0 aliphatic rings. The molecule has 11 heteroatoms. The van der Waals surface area contributed by atoms with E-state index in [-0.39, 0.29) is 18.3 Å². The molecule has 0 unspecified atom stereocenters. The third kappa shape index (κ3) is 6.39. The van der Waals surface area contributed by atoms with Gasteiger partial charge in [0.25, 0.3) is 5.91 Å². The number of carbonyl (C=O) groups excluding carboxylic acids is 1. The molecule has 0 spiro atoms. The Hall–Kier alpha value is -2.49. The molecule has 6 nitrogen and oxygen atoms in total. The van der Waals surface area contributed by atoms with Gasteiger partial charge in [-0.1, -0.05) is 64.8 Å². The number of hydrazone groups is 1. The molecule has 4 aromatic rings. The minimum Gasteiger partial charge on any atom is -0.493 e. The summed E-state index contributed by atoms with van der Waals surface area (Å²) < 4.78 is 13.3. The van der Waals surface area contributed by atoms with Crippen molar-refractivity contribution in [2.75, 3.05) is 12.9 Å². The lowest BCUT2D eigenvalue weighted by Gasteiger charge is -2.15. The van der Waals surface area contributed by atoms with Crippen LogP contribution in [0.4, 0.5) is 0 Å². The predicted molar refractivity (Wildman–Crippen MR) is 145 cm³/mol. The number of carbonyl (C=O) groups is 1. The zero-order valence-corrected chi connectivity index (χ0v) is 22.2. The van der Waals surface area contributed by atoms with Gasteiger partial charge in [0.15, 0.2) is 15.8 Å². The number of nitrogens with zero attached hydrogens (tertiary/aromatic N) is 2. The molecule has 0 aliphatic heterocycles. The zero-order valence-electron chi connectivity index (χ0n) is 18.3. The first-order valence-corrected chi connectivity index (χ1v) is 13.1. The molecule has 0 aliphatic carbocycles. The Kier molecular flexibility index (Phi) is 8.75. The van der Waals surface area contributed by atoms with Gasteiger partial charge in [0.05, 0.1) is 39.3 Å². The fraction of sp³-hybridized carbons (Fsp3) is 0.125. The lowest BCUT2D eigenvalue weighted by atomic mass is 10.2. The van der Waals surface area contributed by atoms with Gasteiger partial charge in [-0.25, -0.2) is 10.4 Å². The fourth-order valence-electron chi connectivity index (χ4n) is 3.04. The van der Waals surface area contributed by atoms with E-state index in [9.17, 15) is 4.79 Å². The summed E-state index contributed by atoms with van der Waals surface area (Å²) in [6, 6.07) is 16.4. The quantitative estimate of drug-likeness (QED) is 0.101. The van der Waals surface area contributed by atoms with E-state index in [4.69, 9.17) is 44.3 Å². The molecule has 1 amide bonds. The van der Waals surface area contributed by atoms with E-state index in [1.54, 1.807) is 41.7 Å². The van der Waals surface area contributed by atoms with Gasteiger partial charge in [-0.3, -0.25) is 4.79 Å². The van der Waals surface area contributed by atoms with Gasteiger partial charge < -0.3 is 9.47 Å². The number of aromatic nitrogens is 1. The first kappa shape index (κ1) is 25.6. The Morgan fingerprint density at radius 1 is 1.11 bits per heavy atom. The summed E-state index contributed by atoms with van der Waals surface area (Å²) in [7, 11) is 1.53. The molecule has 1 heterocycles. The average Bonchev–Trinajstić information content (AvgIpc) is 3.28. The number of thioether (sulfide) groups is 1. The molecule has 0 saturated carbocycles. The van der Waals surface area contributed by atoms with Gasteiger partial charge in [-0.05, 0) is 36.4 Å². The monoisotopic (exact) mass is 565 g/mol. The van der Waals surface area contributed by atoms with E-state index in [1.807, 2.05) is 24.3 Å². The van der Waals surface area contributed by atoms with Gasteiger partial charge in [0.2, 0.25) is 0 Å². The molecular weight excluding hydrogens is 549 g/mol. The van der Waals surface area contributed by atoms with Crippen molar-refractivity contribution in [3.63, 3.8) is 0 Å². The van der Waals surface area contributed by atoms with Crippen molar-refractivity contribution in [2.24, 2.45) is 5.10 Å². The molecule has 0 radical (unpaired) electrons. The maximum absolute atomic E-state index is 12.3. The number of halogens is 3. The highest BCUT2D eigenvalue weighted by Crippen LogP contribution is 2.35. The van der Waals surface area contributed by atoms with Gasteiger partial charge in [0, 0.05) is 16.1 Å². The number of hydrogen-bond donors (Lipinski definition) is 1. The number of thiazole rings is 1. The first-order chi connectivity index (χ1) is 17.0. The largest absolute Gasteiger partial charge is 0.493 e. The van der Waals surface area contributed by atoms with Gasteiger partial charge in [-0.2, -0.15) is 5.10 Å². The lowest BCUT2D eigenvalue weighted by Crippen LogP contribution is -2.19. The summed E-state index contributed by atoms with van der Waals surface area (Å²) in [5, 5.41) is 5.21. The summed E-state index contributed by atoms with van der Waals surface area (Å²) in [6.07, 6.45) is 1.49. The van der Waals surface area contributed by atoms with Crippen LogP contribution < -0.4 is 14.9 Å². The Labute approximate surface area is 225 Å². The second-order valence-corrected chi connectivity index (χ2v) is 10.5. The van der Waals surface area contributed by atoms with Crippen LogP contribution in [0.3, 0.4) is 0 Å². The standard InChI is InChI=1S/C24H18Cl3N3O3S2/c1-32-19-7-4-5-14(23(19)33-12-15-16(25)9-10-17(26)22(15)27)11-28-30-21(31)13-34-24-29-18-6-2-3-8-20(18)35-24/h2-11H,12-13H2,1H3,(H,30,31)/b28-11+. The SMILES string of the molecule is COc1cccc(/C=N/NC(=O)CSc2nc3ccccc3s2)c1OCc1c(Cl)ccc(Cl)c1Cl. The van der Waals surface area contributed by atoms with Crippen LogP contribution >= 0.6 is 57.9 Å². The number of amides is 1. The predicted octanol–water partition coefficient (Wildman–Crippen LogP) is 7.09. The number of benzene rings is 3. The number of ether oxygens (including phenoxy) is 2. The number of fused-ring (bicyclic) bond motifs is 1. The van der Waals surface area contributed by atoms with Gasteiger partial charge in [-0.15, -0.1) is 11.3 Å². The molecule has 1 aromatic heterocycles. The smallest absolute Gasteiger partial charge is 0.250 e. The molecule has 35 heavy (non-hydrogen) atoms. The second kappa shape index (κ2) is 12.0. The third-order valence-electron chi connectivity index (χ3n) is 4.72. The van der Waals surface area contributed by atoms with E-state index in [0.717, 1.165) is 14.6 Å². The summed E-state index contributed by atoms with van der Waals surface area (Å²) in [6.45, 7) is 0.0601. The molecule has 0 fully saturated rings. The Morgan fingerprint density at radius 2 is 1.91 bits per heavy atom. The first-order valence-electron chi connectivity index (χ1n) is 10.2. The van der Waals surface area contributed by atoms with E-state index in [2.05, 4.69) is 15.5 Å². The van der Waals surface area contributed by atoms with Crippen molar-refractivity contribution < 1.29 is 14.3 Å². The van der Waals surface area contributed by atoms with Crippen molar-refractivity contribution in [1.82, 2.24) is 10.4 Å². The minimum absolute atomic E-state index is 0.0601. The highest BCUT2D eigenvalue weighted by atomic mass is 35.5. The van der Waals surface area contributed by atoms with Crippen LogP contribution in [0, 0.1) is 0 Å². The normalized spacial score (nSPS) is 11.2. The highest BCUT2D eigenvalue weighted by molar-refractivity contribution is 8.01. The van der Waals surface area contributed by atoms with Crippen molar-refractivity contribution in [3.05, 3.63) is 80.8 Å². The maximum Gasteiger partial charge on any atom is 0.250 e. The topological polar surface area (TPSA) is 72.8 Å². The van der Waals surface area contributed by atoms with Crippen LogP contribution in [0.1, 0.15) is 11.1 Å². The van der Waals surface area contributed by atoms with Crippen LogP contribution in [-0.4, -0.2) is 30.0 Å². The number of para-hydroxylation sites is 2. The second-order valence-electron chi connectivity index (χ2n) is 7.02. The number of rotatable bonds is 9. The minimum atomic E-state index is -0.256. The summed E-state index contributed by atoms with van der Waals surface area (Å²) in [5.41, 5.74) is 4.60. The third-order valence-corrected chi connectivity index (χ3v) is 8.10. The van der Waals surface area contributed by atoms with E-state index < -0.39 is 0 Å². The fourth-order valence-corrected chi connectivity index (χ4v) is 5.56. The van der Waals surface area contributed by atoms with Crippen LogP contribution in [0.15, 0.2) is 64.0 Å². The highest BCUT2D eigenvalue weighted by Gasteiger charge is 2.14. The van der Waals surface area contributed by atoms with E-state index >= 15 is 0 Å². The molecule has 0 saturated heterocycles. The summed E-state index contributed by atoms with van der Waals surface area (Å²) in [5.74, 6) is 0.836. The number of hydrogen-bond acceptors (Lipinski definition) is 7. The maximum atomic E-state index is 12.3. The Bertz CT molecular complexity index is 1360. The van der Waals surface area contributed by atoms with Crippen molar-refractivity contribution >= 4 is 80.2 Å². The van der Waals surface area contributed by atoms with Gasteiger partial charge in [0.1, 0.15) is 6.61 Å². The van der Waals surface area contributed by atoms with Crippen LogP contribution in [0.25, 0.3) is 10.2 Å². The Balaban J connectivity index is 1.40. The summed E-state index contributed by atoms with van der Waals surface area (Å²) in [4.78, 5) is 16.8. The van der Waals surface area contributed by atoms with Crippen LogP contribution in [0.2, 0.25) is 15.1 Å². The van der Waals surface area contributed by atoms with Crippen molar-refractivity contribution in [2.45, 2.75) is 10.9 Å². The molecule has 0 bridgehead atoms. The number of methoxy groups -OCH3 is 1. The van der Waals surface area contributed by atoms with Crippen molar-refractivity contribution in [3.8, 4) is 11.5 Å². The number of nitrogens with one attached hydrogen (secondary N) is 1. The van der Waals surface area contributed by atoms with Crippen LogP contribution in [-0.2, 0) is 11.4 Å². The van der Waals surface area contributed by atoms with Crippen molar-refractivity contribution in [1.29, 1.82) is 0 Å². The zero-order chi connectivity index (χ0) is 24.8. The van der Waals surface area contributed by atoms with Gasteiger partial charge >= 0.3 is 0 Å². The molecule has 3 aromatic carbocycles. The molecular formula is C24H18Cl3N3O3S2. The molecule has 180 valence electrons. The lowest BCUT2D eigenvalue weighted by molar-refractivity contribution is -0.118. The molecule has 0 atom stereocenters.